The first-order chi connectivity index (χ1) is 7.72. The molecule has 86 valence electrons. The van der Waals surface area contributed by atoms with E-state index in [1.54, 1.807) is 23.5 Å². The van der Waals surface area contributed by atoms with Gasteiger partial charge < -0.3 is 4.74 Å². The fourth-order valence-electron chi connectivity index (χ4n) is 1.48. The molecule has 1 atom stereocenters. The second-order valence-corrected chi connectivity index (χ2v) is 4.68. The number of benzene rings is 1. The first kappa shape index (κ1) is 11.3. The predicted molar refractivity (Wildman–Crippen MR) is 67.6 cm³/mol. The third-order valence-electron chi connectivity index (χ3n) is 2.39. The third kappa shape index (κ3) is 2.16. The first-order valence-electron chi connectivity index (χ1n) is 5.11. The Morgan fingerprint density at radius 3 is 2.94 bits per heavy atom. The van der Waals surface area contributed by atoms with Gasteiger partial charge in [-0.15, -0.1) is 0 Å². The topological polar surface area (TPSA) is 51.4 Å². The Morgan fingerprint density at radius 1 is 1.50 bits per heavy atom. The second kappa shape index (κ2) is 4.78. The van der Waals surface area contributed by atoms with E-state index >= 15 is 0 Å². The molecule has 2 N–H and O–H groups in total. The molecule has 0 radical (unpaired) electrons. The van der Waals surface area contributed by atoms with Crippen LogP contribution in [0.4, 0.5) is 5.13 Å². The molecule has 1 aromatic carbocycles. The van der Waals surface area contributed by atoms with Gasteiger partial charge in [-0.2, -0.15) is 0 Å². The van der Waals surface area contributed by atoms with E-state index in [0.717, 1.165) is 15.3 Å². The molecule has 2 rings (SSSR count). The van der Waals surface area contributed by atoms with Gasteiger partial charge in [-0.05, 0) is 19.1 Å². The minimum Gasteiger partial charge on any atom is -0.382 e. The summed E-state index contributed by atoms with van der Waals surface area (Å²) in [5.41, 5.74) is 0.988. The molecule has 16 heavy (non-hydrogen) atoms. The number of methoxy groups -OCH3 is 1. The number of para-hydroxylation sites is 1. The Labute approximate surface area is 98.6 Å². The van der Waals surface area contributed by atoms with E-state index < -0.39 is 0 Å². The highest BCUT2D eigenvalue weighted by molar-refractivity contribution is 7.22. The number of fused-ring (bicyclic) bond motifs is 1. The van der Waals surface area contributed by atoms with Gasteiger partial charge in [-0.3, -0.25) is 5.01 Å². The fraction of sp³-hybridized carbons (Fsp3) is 0.364. The maximum Gasteiger partial charge on any atom is 0.201 e. The largest absolute Gasteiger partial charge is 0.382 e. The molecule has 0 aliphatic rings. The molecule has 0 amide bonds. The maximum atomic E-state index is 5.99. The van der Waals surface area contributed by atoms with Crippen molar-refractivity contribution in [1.29, 1.82) is 0 Å². The van der Waals surface area contributed by atoms with Gasteiger partial charge in [0.25, 0.3) is 0 Å². The number of hydrazine groups is 1. The van der Waals surface area contributed by atoms with Crippen LogP contribution in [-0.4, -0.2) is 24.7 Å². The van der Waals surface area contributed by atoms with Gasteiger partial charge in [0.15, 0.2) is 0 Å². The van der Waals surface area contributed by atoms with Gasteiger partial charge in [0.1, 0.15) is 0 Å². The molecule has 0 fully saturated rings. The summed E-state index contributed by atoms with van der Waals surface area (Å²) in [4.78, 5) is 4.48. The third-order valence-corrected chi connectivity index (χ3v) is 3.44. The zero-order valence-electron chi connectivity index (χ0n) is 9.38. The number of nitrogens with zero attached hydrogens (tertiary/aromatic N) is 2. The molecule has 0 spiro atoms. The zero-order valence-corrected chi connectivity index (χ0v) is 10.2. The molecule has 1 heterocycles. The van der Waals surface area contributed by atoms with Crippen molar-refractivity contribution in [3.05, 3.63) is 24.3 Å². The molecule has 1 unspecified atom stereocenters. The first-order valence-corrected chi connectivity index (χ1v) is 5.92. The van der Waals surface area contributed by atoms with E-state index in [-0.39, 0.29) is 6.04 Å². The molecular weight excluding hydrogens is 222 g/mol. The molecular formula is C11H15N3OS. The van der Waals surface area contributed by atoms with Crippen LogP contribution in [0.3, 0.4) is 0 Å². The van der Waals surface area contributed by atoms with E-state index in [1.807, 2.05) is 31.2 Å². The zero-order chi connectivity index (χ0) is 11.5. The summed E-state index contributed by atoms with van der Waals surface area (Å²) in [7, 11) is 1.67. The number of anilines is 1. The van der Waals surface area contributed by atoms with Crippen molar-refractivity contribution in [3.8, 4) is 0 Å². The molecule has 1 aromatic heterocycles. The van der Waals surface area contributed by atoms with Crippen LogP contribution in [0.25, 0.3) is 10.2 Å². The van der Waals surface area contributed by atoms with Crippen molar-refractivity contribution < 1.29 is 4.74 Å². The minimum absolute atomic E-state index is 0.116. The Morgan fingerprint density at radius 2 is 2.25 bits per heavy atom. The highest BCUT2D eigenvalue weighted by Crippen LogP contribution is 2.27. The molecule has 0 aliphatic carbocycles. The Hall–Kier alpha value is -1.17. The van der Waals surface area contributed by atoms with Gasteiger partial charge in [0, 0.05) is 7.11 Å². The lowest BCUT2D eigenvalue weighted by atomic mass is 10.3. The number of rotatable bonds is 4. The SMILES string of the molecule is COCC(C)N(N)c1nc2ccccc2s1. The molecule has 4 nitrogen and oxygen atoms in total. The number of hydrogen-bond acceptors (Lipinski definition) is 5. The quantitative estimate of drug-likeness (QED) is 0.653. The van der Waals surface area contributed by atoms with Gasteiger partial charge in [-0.25, -0.2) is 10.8 Å². The lowest BCUT2D eigenvalue weighted by Crippen LogP contribution is -2.41. The Balaban J connectivity index is 2.26. The van der Waals surface area contributed by atoms with Crippen LogP contribution in [0.2, 0.25) is 0 Å². The summed E-state index contributed by atoms with van der Waals surface area (Å²) in [5, 5.41) is 2.49. The lowest BCUT2D eigenvalue weighted by Gasteiger charge is -2.22. The van der Waals surface area contributed by atoms with E-state index in [9.17, 15) is 0 Å². The van der Waals surface area contributed by atoms with Crippen molar-refractivity contribution in [2.75, 3.05) is 18.7 Å². The van der Waals surface area contributed by atoms with Crippen molar-refractivity contribution >= 4 is 26.7 Å². The van der Waals surface area contributed by atoms with E-state index in [0.29, 0.717) is 6.61 Å². The molecule has 2 aromatic rings. The van der Waals surface area contributed by atoms with Gasteiger partial charge in [0.2, 0.25) is 5.13 Å². The van der Waals surface area contributed by atoms with Crippen molar-refractivity contribution in [2.45, 2.75) is 13.0 Å². The van der Waals surface area contributed by atoms with Crippen LogP contribution in [0.1, 0.15) is 6.92 Å². The molecule has 0 bridgehead atoms. The molecule has 5 heteroatoms. The fourth-order valence-corrected chi connectivity index (χ4v) is 2.47. The number of aromatic nitrogens is 1. The number of ether oxygens (including phenoxy) is 1. The highest BCUT2D eigenvalue weighted by atomic mass is 32.1. The average Bonchev–Trinajstić information content (AvgIpc) is 2.71. The van der Waals surface area contributed by atoms with Crippen LogP contribution in [0.5, 0.6) is 0 Å². The summed E-state index contributed by atoms with van der Waals surface area (Å²) in [6.45, 7) is 2.60. The van der Waals surface area contributed by atoms with Crippen molar-refractivity contribution in [1.82, 2.24) is 4.98 Å². The highest BCUT2D eigenvalue weighted by Gasteiger charge is 2.14. The summed E-state index contributed by atoms with van der Waals surface area (Å²) >= 11 is 1.59. The Bertz CT molecular complexity index is 438. The second-order valence-electron chi connectivity index (χ2n) is 3.68. The summed E-state index contributed by atoms with van der Waals surface area (Å²) in [5.74, 6) is 5.99. The number of nitrogens with two attached hydrogens (primary N) is 1. The smallest absolute Gasteiger partial charge is 0.201 e. The number of thiazole rings is 1. The standard InChI is InChI=1S/C11H15N3OS/c1-8(7-15-2)14(12)11-13-9-5-3-4-6-10(9)16-11/h3-6,8H,7,12H2,1-2H3. The van der Waals surface area contributed by atoms with E-state index in [1.165, 1.54) is 0 Å². The Kier molecular flexibility index (Phi) is 3.38. The lowest BCUT2D eigenvalue weighted by molar-refractivity contribution is 0.181. The van der Waals surface area contributed by atoms with Gasteiger partial charge >= 0.3 is 0 Å². The van der Waals surface area contributed by atoms with E-state index in [2.05, 4.69) is 4.98 Å². The molecule has 0 saturated heterocycles. The van der Waals surface area contributed by atoms with Crippen LogP contribution in [0, 0.1) is 0 Å². The average molecular weight is 237 g/mol. The van der Waals surface area contributed by atoms with Crippen molar-refractivity contribution in [3.63, 3.8) is 0 Å². The van der Waals surface area contributed by atoms with Gasteiger partial charge in [0.05, 0.1) is 22.9 Å². The minimum atomic E-state index is 0.116. The normalized spacial score (nSPS) is 12.9. The summed E-state index contributed by atoms with van der Waals surface area (Å²) in [6.07, 6.45) is 0. The molecule has 0 aliphatic heterocycles. The summed E-state index contributed by atoms with van der Waals surface area (Å²) < 4.78 is 6.23. The maximum absolute atomic E-state index is 5.99. The number of hydrogen-bond donors (Lipinski definition) is 1. The van der Waals surface area contributed by atoms with Crippen molar-refractivity contribution in [2.24, 2.45) is 5.84 Å². The molecule has 0 saturated carbocycles. The van der Waals surface area contributed by atoms with Crippen LogP contribution < -0.4 is 10.9 Å². The monoisotopic (exact) mass is 237 g/mol. The van der Waals surface area contributed by atoms with Gasteiger partial charge in [-0.1, -0.05) is 23.5 Å². The van der Waals surface area contributed by atoms with Crippen LogP contribution in [0.15, 0.2) is 24.3 Å². The van der Waals surface area contributed by atoms with E-state index in [4.69, 9.17) is 10.6 Å². The van der Waals surface area contributed by atoms with Crippen LogP contribution >= 0.6 is 11.3 Å². The summed E-state index contributed by atoms with van der Waals surface area (Å²) in [6, 6.07) is 8.13. The predicted octanol–water partition coefficient (Wildman–Crippen LogP) is 2.01. The van der Waals surface area contributed by atoms with Crippen LogP contribution in [-0.2, 0) is 4.74 Å².